The Hall–Kier alpha value is -2.01. The maximum atomic E-state index is 12.5. The van der Waals surface area contributed by atoms with Gasteiger partial charge in [0.15, 0.2) is 0 Å². The summed E-state index contributed by atoms with van der Waals surface area (Å²) >= 11 is 22.7. The molecule has 1 aliphatic rings. The van der Waals surface area contributed by atoms with Crippen LogP contribution in [0.5, 0.6) is 0 Å². The van der Waals surface area contributed by atoms with Crippen molar-refractivity contribution in [3.8, 4) is 0 Å². The van der Waals surface area contributed by atoms with Crippen molar-refractivity contribution < 1.29 is 28.7 Å². The summed E-state index contributed by atoms with van der Waals surface area (Å²) in [4.78, 5) is 53.6. The van der Waals surface area contributed by atoms with Crippen molar-refractivity contribution in [2.75, 3.05) is 11.9 Å². The summed E-state index contributed by atoms with van der Waals surface area (Å²) < 4.78 is 8.59. The second kappa shape index (κ2) is 12.3. The normalized spacial score (nSPS) is 20.4. The molecule has 1 saturated carbocycles. The summed E-state index contributed by atoms with van der Waals surface area (Å²) in [5.41, 5.74) is -0.772. The molecule has 3 atom stereocenters. The second-order valence-electron chi connectivity index (χ2n) is 8.88. The van der Waals surface area contributed by atoms with Crippen LogP contribution in [0.15, 0.2) is 18.3 Å². The van der Waals surface area contributed by atoms with Gasteiger partial charge in [-0.2, -0.15) is 0 Å². The lowest BCUT2D eigenvalue weighted by atomic mass is 9.82. The predicted molar refractivity (Wildman–Crippen MR) is 132 cm³/mol. The van der Waals surface area contributed by atoms with Gasteiger partial charge in [0, 0.05) is 12.2 Å². The fourth-order valence-electron chi connectivity index (χ4n) is 3.30. The third kappa shape index (κ3) is 10.6. The highest BCUT2D eigenvalue weighted by Crippen LogP contribution is 2.30. The van der Waals surface area contributed by atoms with E-state index in [-0.39, 0.29) is 18.7 Å². The number of nitrogens with zero attached hydrogens (tertiary/aromatic N) is 1. The molecule has 0 spiro atoms. The molecule has 0 aliphatic heterocycles. The van der Waals surface area contributed by atoms with Crippen molar-refractivity contribution in [2.24, 2.45) is 5.92 Å². The smallest absolute Gasteiger partial charge is 0.407 e. The standard InChI is InChI=1S/C21H26Cl4N4O6/c1-20(2,3)35-19(33)28-14-8-11(18(32)34-10-21(23,24)25)4-6-13(14)27-16(30)17(31)29-15-7-5-12(22)9-26-15/h5,7,9,11,13-14H,4,6,8,10H2,1-3H3,(H,27,30)(H,28,33)(H,26,29,31)/t11-,13-,14+/m0/s1. The van der Waals surface area contributed by atoms with Gasteiger partial charge in [-0.1, -0.05) is 46.4 Å². The van der Waals surface area contributed by atoms with Crippen LogP contribution in [0.3, 0.4) is 0 Å². The van der Waals surface area contributed by atoms with E-state index in [1.165, 1.54) is 18.3 Å². The van der Waals surface area contributed by atoms with Crippen LogP contribution in [0.2, 0.25) is 5.02 Å². The van der Waals surface area contributed by atoms with Gasteiger partial charge in [-0.25, -0.2) is 9.78 Å². The van der Waals surface area contributed by atoms with Crippen molar-refractivity contribution >= 4 is 76.1 Å². The first-order chi connectivity index (χ1) is 16.1. The van der Waals surface area contributed by atoms with Gasteiger partial charge in [0.1, 0.15) is 18.0 Å². The molecule has 1 aliphatic carbocycles. The molecule has 0 saturated heterocycles. The Balaban J connectivity index is 2.06. The van der Waals surface area contributed by atoms with E-state index in [4.69, 9.17) is 55.9 Å². The molecule has 0 bridgehead atoms. The fourth-order valence-corrected chi connectivity index (χ4v) is 3.58. The Labute approximate surface area is 222 Å². The molecule has 1 fully saturated rings. The molecule has 194 valence electrons. The number of aromatic nitrogens is 1. The lowest BCUT2D eigenvalue weighted by molar-refractivity contribution is -0.150. The molecule has 14 heteroatoms. The van der Waals surface area contributed by atoms with E-state index in [1.54, 1.807) is 20.8 Å². The summed E-state index contributed by atoms with van der Waals surface area (Å²) in [6, 6.07) is 1.53. The highest BCUT2D eigenvalue weighted by atomic mass is 35.6. The summed E-state index contributed by atoms with van der Waals surface area (Å²) in [5, 5.41) is 7.98. The maximum absolute atomic E-state index is 12.5. The number of halogens is 4. The number of anilines is 1. The number of carbonyl (C=O) groups excluding carboxylic acids is 4. The second-order valence-corrected chi connectivity index (χ2v) is 11.8. The molecule has 3 amide bonds. The maximum Gasteiger partial charge on any atom is 0.407 e. The van der Waals surface area contributed by atoms with E-state index < -0.39 is 57.9 Å². The van der Waals surface area contributed by atoms with E-state index in [1.807, 2.05) is 0 Å². The minimum absolute atomic E-state index is 0.100. The highest BCUT2D eigenvalue weighted by Gasteiger charge is 2.38. The molecule has 10 nitrogen and oxygen atoms in total. The SMILES string of the molecule is CC(C)(C)OC(=O)N[C@@H]1C[C@@H](C(=O)OCC(Cl)(Cl)Cl)CC[C@@H]1NC(=O)C(=O)Nc1ccc(Cl)cn1. The first-order valence-electron chi connectivity index (χ1n) is 10.6. The minimum Gasteiger partial charge on any atom is -0.461 e. The predicted octanol–water partition coefficient (Wildman–Crippen LogP) is 3.77. The van der Waals surface area contributed by atoms with Gasteiger partial charge in [-0.05, 0) is 52.2 Å². The van der Waals surface area contributed by atoms with Gasteiger partial charge >= 0.3 is 23.9 Å². The van der Waals surface area contributed by atoms with Crippen molar-refractivity contribution in [1.82, 2.24) is 15.6 Å². The Kier molecular flexibility index (Phi) is 10.3. The van der Waals surface area contributed by atoms with Crippen LogP contribution < -0.4 is 16.0 Å². The molecule has 1 heterocycles. The Morgan fingerprint density at radius 1 is 1.03 bits per heavy atom. The molecular weight excluding hydrogens is 546 g/mol. The topological polar surface area (TPSA) is 136 Å². The number of pyridine rings is 1. The van der Waals surface area contributed by atoms with Gasteiger partial charge in [0.05, 0.1) is 17.0 Å². The van der Waals surface area contributed by atoms with E-state index in [0.717, 1.165) is 0 Å². The van der Waals surface area contributed by atoms with Crippen molar-refractivity contribution in [1.29, 1.82) is 0 Å². The highest BCUT2D eigenvalue weighted by molar-refractivity contribution is 6.67. The zero-order valence-electron chi connectivity index (χ0n) is 19.2. The molecular formula is C21H26Cl4N4O6. The minimum atomic E-state index is -1.76. The first kappa shape index (κ1) is 29.2. The average Bonchev–Trinajstić information content (AvgIpc) is 2.72. The number of hydrogen-bond acceptors (Lipinski definition) is 7. The number of nitrogens with one attached hydrogen (secondary N) is 3. The molecule has 35 heavy (non-hydrogen) atoms. The number of esters is 1. The van der Waals surface area contributed by atoms with Crippen LogP contribution in [0.25, 0.3) is 0 Å². The number of alkyl carbamates (subject to hydrolysis) is 1. The van der Waals surface area contributed by atoms with Crippen LogP contribution >= 0.6 is 46.4 Å². The van der Waals surface area contributed by atoms with Gasteiger partial charge < -0.3 is 25.4 Å². The zero-order chi connectivity index (χ0) is 26.4. The van der Waals surface area contributed by atoms with E-state index in [2.05, 4.69) is 20.9 Å². The molecule has 2 rings (SSSR count). The third-order valence-corrected chi connectivity index (χ3v) is 5.31. The summed E-state index contributed by atoms with van der Waals surface area (Å²) in [6.07, 6.45) is 1.23. The molecule has 1 aromatic heterocycles. The summed E-state index contributed by atoms with van der Waals surface area (Å²) in [5.74, 6) is -3.01. The van der Waals surface area contributed by atoms with Crippen LogP contribution in [-0.2, 0) is 23.9 Å². The van der Waals surface area contributed by atoms with Crippen molar-refractivity contribution in [3.05, 3.63) is 23.4 Å². The third-order valence-electron chi connectivity index (χ3n) is 4.76. The number of ether oxygens (including phenoxy) is 2. The van der Waals surface area contributed by atoms with Crippen LogP contribution in [0, 0.1) is 5.92 Å². The molecule has 1 aromatic rings. The molecule has 0 unspecified atom stereocenters. The van der Waals surface area contributed by atoms with Crippen LogP contribution in [0.1, 0.15) is 40.0 Å². The number of hydrogen-bond donors (Lipinski definition) is 3. The fraction of sp³-hybridized carbons (Fsp3) is 0.571. The summed E-state index contributed by atoms with van der Waals surface area (Å²) in [7, 11) is 0. The monoisotopic (exact) mass is 570 g/mol. The van der Waals surface area contributed by atoms with Gasteiger partial charge in [0.2, 0.25) is 3.79 Å². The van der Waals surface area contributed by atoms with Gasteiger partial charge in [-0.15, -0.1) is 0 Å². The lowest BCUT2D eigenvalue weighted by Gasteiger charge is -2.36. The average molecular weight is 572 g/mol. The largest absolute Gasteiger partial charge is 0.461 e. The van der Waals surface area contributed by atoms with Crippen LogP contribution in [-0.4, -0.2) is 56.9 Å². The first-order valence-corrected chi connectivity index (χ1v) is 12.1. The van der Waals surface area contributed by atoms with Crippen LogP contribution in [0.4, 0.5) is 10.6 Å². The van der Waals surface area contributed by atoms with E-state index >= 15 is 0 Å². The van der Waals surface area contributed by atoms with E-state index in [9.17, 15) is 19.2 Å². The zero-order valence-corrected chi connectivity index (χ0v) is 22.2. The van der Waals surface area contributed by atoms with Gasteiger partial charge in [-0.3, -0.25) is 14.4 Å². The molecule has 0 radical (unpaired) electrons. The number of carbonyl (C=O) groups is 4. The molecule has 3 N–H and O–H groups in total. The number of rotatable bonds is 5. The van der Waals surface area contributed by atoms with Crippen molar-refractivity contribution in [2.45, 2.75) is 61.5 Å². The Morgan fingerprint density at radius 3 is 2.29 bits per heavy atom. The molecule has 0 aromatic carbocycles. The quantitative estimate of drug-likeness (QED) is 0.278. The lowest BCUT2D eigenvalue weighted by Crippen LogP contribution is -2.57. The number of amides is 3. The Bertz CT molecular complexity index is 933. The van der Waals surface area contributed by atoms with E-state index in [0.29, 0.717) is 11.4 Å². The Morgan fingerprint density at radius 2 is 1.71 bits per heavy atom. The number of alkyl halides is 3. The van der Waals surface area contributed by atoms with Crippen molar-refractivity contribution in [3.63, 3.8) is 0 Å². The van der Waals surface area contributed by atoms with Gasteiger partial charge in [0.25, 0.3) is 0 Å². The summed E-state index contributed by atoms with van der Waals surface area (Å²) in [6.45, 7) is 4.65.